The summed E-state index contributed by atoms with van der Waals surface area (Å²) in [4.78, 5) is 24.4. The van der Waals surface area contributed by atoms with Gasteiger partial charge in [-0.1, -0.05) is 12.1 Å². The Balaban J connectivity index is 1.52. The molecule has 4 rings (SSSR count). The topological polar surface area (TPSA) is 138 Å². The predicted octanol–water partition coefficient (Wildman–Crippen LogP) is 1.19. The molecule has 0 atom stereocenters. The summed E-state index contributed by atoms with van der Waals surface area (Å²) in [5.41, 5.74) is 3.42. The largest absolute Gasteiger partial charge is 0.496 e. The molecule has 0 bridgehead atoms. The highest BCUT2D eigenvalue weighted by Crippen LogP contribution is 2.28. The molecule has 1 saturated heterocycles. The molecule has 3 N–H and O–H groups in total. The Hall–Kier alpha value is -3.48. The van der Waals surface area contributed by atoms with E-state index in [-0.39, 0.29) is 18.4 Å². The summed E-state index contributed by atoms with van der Waals surface area (Å²) < 4.78 is 11.9. The second-order valence-corrected chi connectivity index (χ2v) is 8.42. The number of ether oxygens (including phenoxy) is 2. The molecule has 1 aromatic carbocycles. The molecule has 12 nitrogen and oxygen atoms in total. The van der Waals surface area contributed by atoms with Crippen LogP contribution in [0.25, 0.3) is 11.0 Å². The first-order valence-corrected chi connectivity index (χ1v) is 11.4. The molecule has 35 heavy (non-hydrogen) atoms. The number of aliphatic hydroxyl groups is 1. The molecular weight excluding hydrogens is 454 g/mol. The summed E-state index contributed by atoms with van der Waals surface area (Å²) in [5, 5.41) is 26.6. The van der Waals surface area contributed by atoms with Crippen molar-refractivity contribution in [2.24, 2.45) is 0 Å². The van der Waals surface area contributed by atoms with E-state index in [4.69, 9.17) is 9.84 Å². The molecule has 2 aromatic heterocycles. The van der Waals surface area contributed by atoms with Crippen molar-refractivity contribution in [2.75, 3.05) is 58.9 Å². The molecule has 0 spiro atoms. The van der Waals surface area contributed by atoms with Gasteiger partial charge in [0.25, 0.3) is 0 Å². The highest BCUT2D eigenvalue weighted by Gasteiger charge is 2.20. The molecule has 0 aliphatic carbocycles. The lowest BCUT2D eigenvalue weighted by Crippen LogP contribution is -2.46. The minimum Gasteiger partial charge on any atom is -0.496 e. The molecule has 1 fully saturated rings. The summed E-state index contributed by atoms with van der Waals surface area (Å²) in [6.45, 7) is 7.65. The molecular formula is C23H31N7O5. The second kappa shape index (κ2) is 10.8. The fraction of sp³-hybridized carbons (Fsp3) is 0.478. The Bertz CT molecular complexity index is 1190. The number of carbonyl (C=O) groups is 1. The monoisotopic (exact) mass is 485 g/mol. The van der Waals surface area contributed by atoms with Gasteiger partial charge in [0.1, 0.15) is 16.8 Å². The Kier molecular flexibility index (Phi) is 7.63. The average Bonchev–Trinajstić information content (AvgIpc) is 3.16. The number of nitrogens with one attached hydrogen (secondary N) is 1. The number of carbonyl (C=O) groups excluding carboxylic acids is 1. The zero-order valence-electron chi connectivity index (χ0n) is 20.2. The number of hydrogen-bond donors (Lipinski definition) is 3. The lowest BCUT2D eigenvalue weighted by atomic mass is 10.1. The quantitative estimate of drug-likeness (QED) is 0.426. The van der Waals surface area contributed by atoms with Crippen LogP contribution < -0.4 is 10.1 Å². The minimum atomic E-state index is -0.731. The number of β-amino-alcohol motifs (C(OH)–C–C–N with tert-alkyl or cyclic N) is 1. The normalized spacial score (nSPS) is 14.9. The predicted molar refractivity (Wildman–Crippen MR) is 129 cm³/mol. The lowest BCUT2D eigenvalue weighted by molar-refractivity contribution is 0.108. The van der Waals surface area contributed by atoms with Gasteiger partial charge in [-0.2, -0.15) is 10.1 Å². The van der Waals surface area contributed by atoms with Crippen LogP contribution in [0.15, 0.2) is 18.2 Å². The van der Waals surface area contributed by atoms with E-state index in [0.29, 0.717) is 23.3 Å². The van der Waals surface area contributed by atoms with Gasteiger partial charge in [0.05, 0.1) is 33.1 Å². The first-order valence-electron chi connectivity index (χ1n) is 11.4. The van der Waals surface area contributed by atoms with Gasteiger partial charge in [-0.05, 0) is 18.6 Å². The van der Waals surface area contributed by atoms with E-state index in [9.17, 15) is 9.90 Å². The molecule has 1 aliphatic heterocycles. The van der Waals surface area contributed by atoms with Crippen LogP contribution in [0.2, 0.25) is 0 Å². The van der Waals surface area contributed by atoms with E-state index >= 15 is 0 Å². The number of rotatable bonds is 8. The van der Waals surface area contributed by atoms with Crippen molar-refractivity contribution in [1.29, 1.82) is 0 Å². The molecule has 1 aliphatic rings. The number of aromatic hydroxyl groups is 1. The first kappa shape index (κ1) is 24.6. The summed E-state index contributed by atoms with van der Waals surface area (Å²) in [5.74, 6) is 0.369. The maximum Gasteiger partial charge on any atom is 0.413 e. The standard InChI is InChI=1S/C23H31N7O5/c1-15-19-20(21(32)25-22(24-19)26-23(33)35-3)30(27-15)14-17-5-4-16(12-18(17)34-2)13-29-8-6-28(7-9-29)10-11-31/h4-5,12,31H,6-11,13-14H2,1-3H3,(H2,24,25,26,32,33). The van der Waals surface area contributed by atoms with Gasteiger partial charge in [0, 0.05) is 44.8 Å². The number of methoxy groups -OCH3 is 2. The Morgan fingerprint density at radius 3 is 2.54 bits per heavy atom. The number of benzene rings is 1. The van der Waals surface area contributed by atoms with Gasteiger partial charge in [-0.3, -0.25) is 19.8 Å². The van der Waals surface area contributed by atoms with E-state index in [1.807, 2.05) is 12.1 Å². The summed E-state index contributed by atoms with van der Waals surface area (Å²) in [6, 6.07) is 6.11. The van der Waals surface area contributed by atoms with Gasteiger partial charge in [0.15, 0.2) is 0 Å². The van der Waals surface area contributed by atoms with Crippen molar-refractivity contribution in [3.05, 3.63) is 35.0 Å². The van der Waals surface area contributed by atoms with Crippen LogP contribution in [0.4, 0.5) is 10.7 Å². The van der Waals surface area contributed by atoms with Crippen LogP contribution in [0.1, 0.15) is 16.8 Å². The van der Waals surface area contributed by atoms with Crippen molar-refractivity contribution in [1.82, 2.24) is 29.5 Å². The van der Waals surface area contributed by atoms with Gasteiger partial charge in [-0.15, -0.1) is 0 Å². The molecule has 0 saturated carbocycles. The molecule has 0 radical (unpaired) electrons. The third kappa shape index (κ3) is 5.61. The third-order valence-electron chi connectivity index (χ3n) is 6.10. The SMILES string of the molecule is COC(=O)Nc1nc(O)c2c(n1)c(C)nn2Cc1ccc(CN2CCN(CCO)CC2)cc1OC. The van der Waals surface area contributed by atoms with Crippen molar-refractivity contribution in [3.8, 4) is 11.6 Å². The van der Waals surface area contributed by atoms with E-state index in [2.05, 4.69) is 41.0 Å². The summed E-state index contributed by atoms with van der Waals surface area (Å²) in [6.07, 6.45) is -0.731. The van der Waals surface area contributed by atoms with Gasteiger partial charge >= 0.3 is 6.09 Å². The van der Waals surface area contributed by atoms with Gasteiger partial charge < -0.3 is 19.7 Å². The van der Waals surface area contributed by atoms with Crippen LogP contribution >= 0.6 is 0 Å². The minimum absolute atomic E-state index is 0.0661. The van der Waals surface area contributed by atoms with Crippen molar-refractivity contribution < 1.29 is 24.5 Å². The molecule has 3 aromatic rings. The second-order valence-electron chi connectivity index (χ2n) is 8.42. The van der Waals surface area contributed by atoms with Crippen LogP contribution in [-0.2, 0) is 17.8 Å². The Labute approximate surface area is 203 Å². The average molecular weight is 486 g/mol. The number of piperazine rings is 1. The number of anilines is 1. The number of aromatic nitrogens is 4. The lowest BCUT2D eigenvalue weighted by Gasteiger charge is -2.34. The third-order valence-corrected chi connectivity index (χ3v) is 6.10. The number of nitrogens with zero attached hydrogens (tertiary/aromatic N) is 6. The van der Waals surface area contributed by atoms with Crippen LogP contribution in [0.5, 0.6) is 11.6 Å². The maximum absolute atomic E-state index is 11.5. The van der Waals surface area contributed by atoms with Crippen LogP contribution in [-0.4, -0.2) is 99.4 Å². The maximum atomic E-state index is 11.5. The van der Waals surface area contributed by atoms with Crippen molar-refractivity contribution in [3.63, 3.8) is 0 Å². The molecule has 188 valence electrons. The Morgan fingerprint density at radius 2 is 1.86 bits per heavy atom. The van der Waals surface area contributed by atoms with Gasteiger partial charge in [0.2, 0.25) is 11.8 Å². The zero-order valence-corrected chi connectivity index (χ0v) is 20.2. The van der Waals surface area contributed by atoms with E-state index in [1.165, 1.54) is 7.11 Å². The van der Waals surface area contributed by atoms with Crippen LogP contribution in [0, 0.1) is 6.92 Å². The number of amides is 1. The van der Waals surface area contributed by atoms with Crippen molar-refractivity contribution >= 4 is 23.1 Å². The smallest absolute Gasteiger partial charge is 0.413 e. The molecule has 12 heteroatoms. The fourth-order valence-electron chi connectivity index (χ4n) is 4.27. The first-order chi connectivity index (χ1) is 16.9. The molecule has 0 unspecified atom stereocenters. The Morgan fingerprint density at radius 1 is 1.11 bits per heavy atom. The molecule has 3 heterocycles. The number of fused-ring (bicyclic) bond motifs is 1. The number of aliphatic hydroxyl groups excluding tert-OH is 1. The van der Waals surface area contributed by atoms with Gasteiger partial charge in [-0.25, -0.2) is 9.78 Å². The van der Waals surface area contributed by atoms with Crippen molar-refractivity contribution in [2.45, 2.75) is 20.0 Å². The fourth-order valence-corrected chi connectivity index (χ4v) is 4.27. The van der Waals surface area contributed by atoms with E-state index in [0.717, 1.165) is 56.1 Å². The highest BCUT2D eigenvalue weighted by molar-refractivity contribution is 5.87. The zero-order chi connectivity index (χ0) is 24.9. The summed E-state index contributed by atoms with van der Waals surface area (Å²) in [7, 11) is 2.86. The van der Waals surface area contributed by atoms with Crippen LogP contribution in [0.3, 0.4) is 0 Å². The number of aryl methyl sites for hydroxylation is 1. The number of hydrogen-bond acceptors (Lipinski definition) is 10. The molecule has 1 amide bonds. The summed E-state index contributed by atoms with van der Waals surface area (Å²) >= 11 is 0. The van der Waals surface area contributed by atoms with E-state index in [1.54, 1.807) is 18.7 Å². The highest BCUT2D eigenvalue weighted by atomic mass is 16.5. The van der Waals surface area contributed by atoms with E-state index < -0.39 is 6.09 Å².